The number of benzene rings is 1. The highest BCUT2D eigenvalue weighted by molar-refractivity contribution is 5.96. The van der Waals surface area contributed by atoms with E-state index in [0.717, 1.165) is 10.9 Å². The van der Waals surface area contributed by atoms with Gasteiger partial charge in [0.05, 0.1) is 19.6 Å². The van der Waals surface area contributed by atoms with E-state index in [1.165, 1.54) is 0 Å². The van der Waals surface area contributed by atoms with Crippen LogP contribution in [0.5, 0.6) is 0 Å². The molecule has 2 aromatic rings. The number of aromatic nitrogens is 1. The van der Waals surface area contributed by atoms with Crippen molar-refractivity contribution >= 4 is 40.5 Å². The van der Waals surface area contributed by atoms with Gasteiger partial charge in [-0.1, -0.05) is 18.2 Å². The van der Waals surface area contributed by atoms with Crippen LogP contribution in [0.25, 0.3) is 10.9 Å². The largest absolute Gasteiger partial charge is 0.480 e. The number of aliphatic carboxylic acids is 1. The lowest BCUT2D eigenvalue weighted by atomic mass is 10.0. The molecule has 14 heteroatoms. The van der Waals surface area contributed by atoms with Crippen molar-refractivity contribution in [3.8, 4) is 0 Å². The predicted octanol–water partition coefficient (Wildman–Crippen LogP) is -3.56. The first-order chi connectivity index (χ1) is 16.6. The Hall–Kier alpha value is -4.01. The van der Waals surface area contributed by atoms with Gasteiger partial charge in [0.15, 0.2) is 0 Å². The van der Waals surface area contributed by atoms with Crippen molar-refractivity contribution in [3.63, 3.8) is 0 Å². The predicted molar refractivity (Wildman–Crippen MR) is 121 cm³/mol. The van der Waals surface area contributed by atoms with Gasteiger partial charge in [-0.2, -0.15) is 0 Å². The van der Waals surface area contributed by atoms with Gasteiger partial charge in [0.2, 0.25) is 23.6 Å². The molecule has 1 aromatic heterocycles. The van der Waals surface area contributed by atoms with Crippen molar-refractivity contribution in [3.05, 3.63) is 36.0 Å². The second-order valence-electron chi connectivity index (χ2n) is 7.73. The number of carbonyl (C=O) groups is 5. The third-order valence-corrected chi connectivity index (χ3v) is 5.10. The van der Waals surface area contributed by atoms with Gasteiger partial charge in [-0.15, -0.1) is 0 Å². The molecule has 0 aliphatic carbocycles. The van der Waals surface area contributed by atoms with E-state index >= 15 is 0 Å². The Morgan fingerprint density at radius 1 is 0.886 bits per heavy atom. The molecule has 11 N–H and O–H groups in total. The summed E-state index contributed by atoms with van der Waals surface area (Å²) < 4.78 is 0. The molecule has 0 aliphatic rings. The van der Waals surface area contributed by atoms with Crippen LogP contribution in [-0.2, 0) is 30.4 Å². The van der Waals surface area contributed by atoms with Crippen molar-refractivity contribution in [1.29, 1.82) is 0 Å². The number of primary amides is 1. The summed E-state index contributed by atoms with van der Waals surface area (Å²) >= 11 is 0. The lowest BCUT2D eigenvalue weighted by molar-refractivity contribution is -0.143. The number of nitrogens with two attached hydrogens (primary N) is 2. The molecule has 0 saturated heterocycles. The summed E-state index contributed by atoms with van der Waals surface area (Å²) in [6.07, 6.45) is 0.874. The Bertz CT molecular complexity index is 1090. The second kappa shape index (κ2) is 12.5. The average molecular weight is 492 g/mol. The second-order valence-corrected chi connectivity index (χ2v) is 7.73. The Balaban J connectivity index is 2.31. The number of nitrogens with one attached hydrogen (secondary N) is 4. The highest BCUT2D eigenvalue weighted by Crippen LogP contribution is 2.19. The number of aliphatic hydroxyl groups excluding tert-OH is 2. The third-order valence-electron chi connectivity index (χ3n) is 5.10. The lowest BCUT2D eigenvalue weighted by Crippen LogP contribution is -2.58. The molecular weight excluding hydrogens is 464 g/mol. The number of carbonyl (C=O) groups excluding carboxylic acids is 4. The number of para-hydroxylation sites is 1. The van der Waals surface area contributed by atoms with Crippen molar-refractivity contribution in [2.75, 3.05) is 13.2 Å². The molecule has 4 amide bonds. The molecule has 4 unspecified atom stereocenters. The SMILES string of the molecule is NC(=O)CC(NC(=O)C(N)CO)C(=O)NC(Cc1c[nH]c2ccccc12)C(=O)NC(CO)C(=O)O. The van der Waals surface area contributed by atoms with Gasteiger partial charge < -0.3 is 47.7 Å². The number of carboxylic acids is 1. The standard InChI is InChI=1S/C21H28N6O8/c22-12(8-28)18(31)25-15(6-17(23)30)20(33)26-14(19(32)27-16(9-29)21(34)35)5-10-7-24-13-4-2-1-3-11(10)13/h1-4,7,12,14-16,24,28-29H,5-6,8-9,22H2,(H2,23,30)(H,25,31)(H,26,33)(H,27,32)(H,34,35). The van der Waals surface area contributed by atoms with Crippen LogP contribution in [0.2, 0.25) is 0 Å². The smallest absolute Gasteiger partial charge is 0.328 e. The minimum Gasteiger partial charge on any atom is -0.480 e. The number of rotatable bonds is 13. The topological polar surface area (TPSA) is 250 Å². The Kier molecular flexibility index (Phi) is 9.69. The molecule has 0 radical (unpaired) electrons. The fraction of sp³-hybridized carbons (Fsp3) is 0.381. The Morgan fingerprint density at radius 2 is 1.49 bits per heavy atom. The normalized spacial score (nSPS) is 14.4. The molecule has 1 aromatic carbocycles. The minimum atomic E-state index is -1.63. The third kappa shape index (κ3) is 7.49. The highest BCUT2D eigenvalue weighted by Gasteiger charge is 2.31. The van der Waals surface area contributed by atoms with Gasteiger partial charge in [0.1, 0.15) is 24.2 Å². The van der Waals surface area contributed by atoms with Crippen molar-refractivity contribution in [2.45, 2.75) is 37.0 Å². The maximum absolute atomic E-state index is 12.9. The summed E-state index contributed by atoms with van der Waals surface area (Å²) in [6, 6.07) is 1.24. The molecule has 14 nitrogen and oxygen atoms in total. The fourth-order valence-corrected chi connectivity index (χ4v) is 3.23. The first-order valence-corrected chi connectivity index (χ1v) is 10.5. The van der Waals surface area contributed by atoms with Crippen LogP contribution in [0.3, 0.4) is 0 Å². The van der Waals surface area contributed by atoms with E-state index in [4.69, 9.17) is 21.7 Å². The van der Waals surface area contributed by atoms with Crippen molar-refractivity contribution in [2.24, 2.45) is 11.5 Å². The van der Waals surface area contributed by atoms with Gasteiger partial charge >= 0.3 is 5.97 Å². The lowest BCUT2D eigenvalue weighted by Gasteiger charge is -2.24. The summed E-state index contributed by atoms with van der Waals surface area (Å²) in [5.41, 5.74) is 12.0. The summed E-state index contributed by atoms with van der Waals surface area (Å²) in [5, 5.41) is 34.9. The van der Waals surface area contributed by atoms with Crippen LogP contribution >= 0.6 is 0 Å². The molecule has 0 aliphatic heterocycles. The molecule has 0 spiro atoms. The first-order valence-electron chi connectivity index (χ1n) is 10.5. The quantitative estimate of drug-likeness (QED) is 0.134. The van der Waals surface area contributed by atoms with E-state index in [2.05, 4.69) is 20.9 Å². The number of amides is 4. The number of aromatic amines is 1. The van der Waals surface area contributed by atoms with Crippen LogP contribution in [-0.4, -0.2) is 87.3 Å². The highest BCUT2D eigenvalue weighted by atomic mass is 16.4. The summed E-state index contributed by atoms with van der Waals surface area (Å²) in [4.78, 5) is 63.6. The van der Waals surface area contributed by atoms with Crippen molar-refractivity contribution in [1.82, 2.24) is 20.9 Å². The van der Waals surface area contributed by atoms with E-state index in [0.29, 0.717) is 5.56 Å². The van der Waals surface area contributed by atoms with Crippen LogP contribution in [0.4, 0.5) is 0 Å². The number of hydrogen-bond donors (Lipinski definition) is 9. The van der Waals surface area contributed by atoms with E-state index in [-0.39, 0.29) is 6.42 Å². The van der Waals surface area contributed by atoms with Gasteiger partial charge in [-0.25, -0.2) is 4.79 Å². The maximum Gasteiger partial charge on any atom is 0.328 e. The van der Waals surface area contributed by atoms with Gasteiger partial charge in [-0.3, -0.25) is 19.2 Å². The summed E-state index contributed by atoms with van der Waals surface area (Å²) in [6.45, 7) is -1.62. The Morgan fingerprint density at radius 3 is 2.09 bits per heavy atom. The van der Waals surface area contributed by atoms with Crippen LogP contribution < -0.4 is 27.4 Å². The molecule has 190 valence electrons. The monoisotopic (exact) mass is 492 g/mol. The number of fused-ring (bicyclic) bond motifs is 1. The average Bonchev–Trinajstić information content (AvgIpc) is 3.23. The minimum absolute atomic E-state index is 0.104. The number of carboxylic acid groups (broad SMARTS) is 1. The van der Waals surface area contributed by atoms with Crippen LogP contribution in [0.15, 0.2) is 30.5 Å². The molecular formula is C21H28N6O8. The molecule has 2 rings (SSSR count). The van der Waals surface area contributed by atoms with E-state index < -0.39 is 73.4 Å². The molecule has 4 atom stereocenters. The van der Waals surface area contributed by atoms with E-state index in [1.807, 2.05) is 0 Å². The molecule has 35 heavy (non-hydrogen) atoms. The van der Waals surface area contributed by atoms with E-state index in [1.54, 1.807) is 30.5 Å². The fourth-order valence-electron chi connectivity index (χ4n) is 3.23. The Labute approximate surface area is 199 Å². The van der Waals surface area contributed by atoms with Crippen LogP contribution in [0.1, 0.15) is 12.0 Å². The first kappa shape index (κ1) is 27.2. The summed E-state index contributed by atoms with van der Waals surface area (Å²) in [5.74, 6) is -5.26. The summed E-state index contributed by atoms with van der Waals surface area (Å²) in [7, 11) is 0. The zero-order valence-corrected chi connectivity index (χ0v) is 18.6. The van der Waals surface area contributed by atoms with Crippen molar-refractivity contribution < 1.29 is 39.3 Å². The molecule has 1 heterocycles. The zero-order chi connectivity index (χ0) is 26.1. The number of H-pyrrole nitrogens is 1. The molecule has 0 fully saturated rings. The molecule has 0 saturated carbocycles. The maximum atomic E-state index is 12.9. The van der Waals surface area contributed by atoms with E-state index in [9.17, 15) is 29.1 Å². The molecule has 0 bridgehead atoms. The van der Waals surface area contributed by atoms with Crippen LogP contribution in [0, 0.1) is 0 Å². The van der Waals surface area contributed by atoms with Gasteiger partial charge in [-0.05, 0) is 11.6 Å². The zero-order valence-electron chi connectivity index (χ0n) is 18.6. The van der Waals surface area contributed by atoms with Gasteiger partial charge in [0.25, 0.3) is 0 Å². The number of hydrogen-bond acceptors (Lipinski definition) is 8. The van der Waals surface area contributed by atoms with Gasteiger partial charge in [0, 0.05) is 23.5 Å². The number of aliphatic hydroxyl groups is 2.